The highest BCUT2D eigenvalue weighted by Gasteiger charge is 2.21. The van der Waals surface area contributed by atoms with Crippen molar-refractivity contribution in [2.75, 3.05) is 20.8 Å². The van der Waals surface area contributed by atoms with E-state index in [9.17, 15) is 14.4 Å². The van der Waals surface area contributed by atoms with E-state index in [0.29, 0.717) is 32.3 Å². The predicted octanol–water partition coefficient (Wildman–Crippen LogP) is 2.58. The minimum Gasteiger partial charge on any atom is -0.466 e. The van der Waals surface area contributed by atoms with E-state index in [1.807, 2.05) is 13.8 Å². The van der Waals surface area contributed by atoms with Gasteiger partial charge in [-0.05, 0) is 47.5 Å². The Morgan fingerprint density at radius 2 is 1.56 bits per heavy atom. The first-order chi connectivity index (χ1) is 11.2. The minimum atomic E-state index is -0.199. The molecule has 0 aromatic heterocycles. The van der Waals surface area contributed by atoms with Gasteiger partial charge in [0.05, 0.1) is 18.8 Å². The molecule has 0 bridgehead atoms. The van der Waals surface area contributed by atoms with Gasteiger partial charge in [0, 0.05) is 41.4 Å². The molecule has 25 heavy (non-hydrogen) atoms. The fourth-order valence-electron chi connectivity index (χ4n) is 2.12. The number of methoxy groups -OCH3 is 2. The van der Waals surface area contributed by atoms with Crippen LogP contribution < -0.4 is 0 Å². The Morgan fingerprint density at radius 3 is 1.88 bits per heavy atom. The van der Waals surface area contributed by atoms with Gasteiger partial charge >= 0.3 is 5.97 Å². The standard InChI is InChI=1S/C12H22O4.C6H12O2.B/c1-5-16-12(14)8-6-7-11(9(2)13)10(3)15-4;1-5(7)4-6(2)8-3;/h10-11H,5-8H2,1-4H3;6H,4H2,1-3H3;. The summed E-state index contributed by atoms with van der Waals surface area (Å²) in [7, 11) is 3.19. The zero-order valence-corrected chi connectivity index (χ0v) is 16.8. The van der Waals surface area contributed by atoms with Crippen LogP contribution in [0.1, 0.15) is 60.3 Å². The molecule has 0 aliphatic rings. The van der Waals surface area contributed by atoms with Crippen molar-refractivity contribution in [3.63, 3.8) is 0 Å². The Bertz CT molecular complexity index is 373. The maximum atomic E-state index is 11.3. The molecule has 0 aliphatic heterocycles. The van der Waals surface area contributed by atoms with Crippen LogP contribution in [0.2, 0.25) is 0 Å². The Hall–Kier alpha value is -1.21. The van der Waals surface area contributed by atoms with Crippen molar-refractivity contribution in [2.45, 2.75) is 72.5 Å². The molecule has 0 N–H and O–H groups in total. The van der Waals surface area contributed by atoms with E-state index in [0.717, 1.165) is 0 Å². The molecule has 0 rings (SSSR count). The summed E-state index contributed by atoms with van der Waals surface area (Å²) in [6, 6.07) is 0. The molecule has 0 saturated heterocycles. The molecule has 3 radical (unpaired) electrons. The third kappa shape index (κ3) is 17.4. The van der Waals surface area contributed by atoms with E-state index < -0.39 is 0 Å². The van der Waals surface area contributed by atoms with E-state index in [2.05, 4.69) is 0 Å². The van der Waals surface area contributed by atoms with Crippen LogP contribution >= 0.6 is 0 Å². The summed E-state index contributed by atoms with van der Waals surface area (Å²) in [6.45, 7) is 9.06. The number of hydrogen-bond donors (Lipinski definition) is 0. The number of rotatable bonds is 11. The van der Waals surface area contributed by atoms with Crippen LogP contribution in [0.25, 0.3) is 0 Å². The van der Waals surface area contributed by atoms with Gasteiger partial charge in [0.2, 0.25) is 0 Å². The van der Waals surface area contributed by atoms with Gasteiger partial charge in [-0.2, -0.15) is 0 Å². The third-order valence-electron chi connectivity index (χ3n) is 3.64. The molecule has 0 heterocycles. The quantitative estimate of drug-likeness (QED) is 0.418. The van der Waals surface area contributed by atoms with Gasteiger partial charge in [-0.25, -0.2) is 0 Å². The summed E-state index contributed by atoms with van der Waals surface area (Å²) in [5, 5.41) is 0. The van der Waals surface area contributed by atoms with Crippen LogP contribution in [0.4, 0.5) is 0 Å². The molecular formula is C18H34BO6. The first-order valence-corrected chi connectivity index (χ1v) is 8.40. The maximum Gasteiger partial charge on any atom is 0.305 e. The second-order valence-electron chi connectivity index (χ2n) is 5.81. The van der Waals surface area contributed by atoms with Gasteiger partial charge in [-0.1, -0.05) is 0 Å². The number of carbonyl (C=O) groups is 3. The summed E-state index contributed by atoms with van der Waals surface area (Å²) < 4.78 is 14.8. The van der Waals surface area contributed by atoms with Gasteiger partial charge in [-0.15, -0.1) is 0 Å². The molecule has 0 spiro atoms. The number of ether oxygens (including phenoxy) is 3. The summed E-state index contributed by atoms with van der Waals surface area (Å²) >= 11 is 0. The van der Waals surface area contributed by atoms with Crippen LogP contribution in [0.15, 0.2) is 0 Å². The van der Waals surface area contributed by atoms with Gasteiger partial charge in [0.15, 0.2) is 0 Å². The van der Waals surface area contributed by atoms with E-state index in [4.69, 9.17) is 14.2 Å². The first-order valence-electron chi connectivity index (χ1n) is 8.40. The molecule has 145 valence electrons. The molecule has 7 heteroatoms. The second kappa shape index (κ2) is 17.6. The summed E-state index contributed by atoms with van der Waals surface area (Å²) in [4.78, 5) is 32.8. The Labute approximate surface area is 154 Å². The van der Waals surface area contributed by atoms with Crippen molar-refractivity contribution in [1.29, 1.82) is 0 Å². The average molecular weight is 357 g/mol. The number of ketones is 2. The lowest BCUT2D eigenvalue weighted by Gasteiger charge is -2.19. The van der Waals surface area contributed by atoms with E-state index in [1.54, 1.807) is 35.0 Å². The van der Waals surface area contributed by atoms with Crippen LogP contribution in [0.3, 0.4) is 0 Å². The molecule has 0 fully saturated rings. The van der Waals surface area contributed by atoms with Gasteiger partial charge in [-0.3, -0.25) is 14.4 Å². The molecule has 3 unspecified atom stereocenters. The highest BCUT2D eigenvalue weighted by Crippen LogP contribution is 2.16. The van der Waals surface area contributed by atoms with E-state index in [-0.39, 0.29) is 44.1 Å². The average Bonchev–Trinajstić information content (AvgIpc) is 2.50. The molecule has 6 nitrogen and oxygen atoms in total. The van der Waals surface area contributed by atoms with Crippen molar-refractivity contribution < 1.29 is 28.6 Å². The lowest BCUT2D eigenvalue weighted by atomic mass is 9.93. The van der Waals surface area contributed by atoms with Gasteiger partial charge in [0.25, 0.3) is 0 Å². The number of hydrogen-bond acceptors (Lipinski definition) is 6. The lowest BCUT2D eigenvalue weighted by Crippen LogP contribution is -2.26. The summed E-state index contributed by atoms with van der Waals surface area (Å²) in [6.07, 6.45) is 2.21. The van der Waals surface area contributed by atoms with Crippen molar-refractivity contribution >= 4 is 25.9 Å². The smallest absolute Gasteiger partial charge is 0.305 e. The normalized spacial score (nSPS) is 13.4. The van der Waals surface area contributed by atoms with Crippen LogP contribution in [0.5, 0.6) is 0 Å². The zero-order valence-electron chi connectivity index (χ0n) is 16.8. The SMILES string of the molecule is CCOC(=O)CCCC(C(C)=O)C(C)OC.COC(C)CC(C)=O.[B]. The number of carbonyl (C=O) groups excluding carboxylic acids is 3. The van der Waals surface area contributed by atoms with Crippen LogP contribution in [0, 0.1) is 5.92 Å². The monoisotopic (exact) mass is 357 g/mol. The van der Waals surface area contributed by atoms with Crippen molar-refractivity contribution in [1.82, 2.24) is 0 Å². The molecule has 0 aromatic rings. The predicted molar refractivity (Wildman–Crippen MR) is 98.6 cm³/mol. The highest BCUT2D eigenvalue weighted by atomic mass is 16.5. The fourth-order valence-corrected chi connectivity index (χ4v) is 2.12. The van der Waals surface area contributed by atoms with Crippen molar-refractivity contribution in [2.24, 2.45) is 5.92 Å². The molecule has 0 amide bonds. The van der Waals surface area contributed by atoms with Crippen LogP contribution in [-0.2, 0) is 28.6 Å². The molecule has 3 atom stereocenters. The molecule has 0 aromatic carbocycles. The maximum absolute atomic E-state index is 11.3. The van der Waals surface area contributed by atoms with E-state index >= 15 is 0 Å². The third-order valence-corrected chi connectivity index (χ3v) is 3.64. The second-order valence-corrected chi connectivity index (χ2v) is 5.81. The van der Waals surface area contributed by atoms with Crippen LogP contribution in [-0.4, -0.2) is 59.0 Å². The molecule has 0 aliphatic carbocycles. The molecular weight excluding hydrogens is 323 g/mol. The summed E-state index contributed by atoms with van der Waals surface area (Å²) in [5.74, 6) is -0.0353. The first kappa shape index (κ1) is 28.6. The van der Waals surface area contributed by atoms with Crippen molar-refractivity contribution in [3.8, 4) is 0 Å². The zero-order chi connectivity index (χ0) is 19.1. The van der Waals surface area contributed by atoms with Gasteiger partial charge in [0.1, 0.15) is 11.6 Å². The van der Waals surface area contributed by atoms with E-state index in [1.165, 1.54) is 0 Å². The summed E-state index contributed by atoms with van der Waals surface area (Å²) in [5.41, 5.74) is 0. The Kier molecular flexibility index (Phi) is 20.1. The molecule has 0 saturated carbocycles. The lowest BCUT2D eigenvalue weighted by molar-refractivity contribution is -0.143. The largest absolute Gasteiger partial charge is 0.466 e. The number of esters is 1. The van der Waals surface area contributed by atoms with Gasteiger partial charge < -0.3 is 14.2 Å². The Balaban J connectivity index is -0.000000457. The number of Topliss-reactive ketones (excluding diaryl/α,β-unsaturated/α-hetero) is 2. The fraction of sp³-hybridized carbons (Fsp3) is 0.833. The Morgan fingerprint density at radius 1 is 1.00 bits per heavy atom. The minimum absolute atomic E-state index is 0. The topological polar surface area (TPSA) is 78.9 Å². The van der Waals surface area contributed by atoms with Crippen molar-refractivity contribution in [3.05, 3.63) is 0 Å². The highest BCUT2D eigenvalue weighted by molar-refractivity contribution is 5.79.